The maximum absolute atomic E-state index is 13.5. The Balaban J connectivity index is 1.48. The van der Waals surface area contributed by atoms with Crippen molar-refractivity contribution in [3.05, 3.63) is 95.1 Å². The lowest BCUT2D eigenvalue weighted by Crippen LogP contribution is -2.48. The van der Waals surface area contributed by atoms with Crippen molar-refractivity contribution in [2.45, 2.75) is 24.8 Å². The smallest absolute Gasteiger partial charge is 0.280 e. The van der Waals surface area contributed by atoms with E-state index >= 15 is 0 Å². The van der Waals surface area contributed by atoms with E-state index < -0.39 is 10.0 Å². The summed E-state index contributed by atoms with van der Waals surface area (Å²) in [6, 6.07) is 15.1. The van der Waals surface area contributed by atoms with Crippen LogP contribution in [0.2, 0.25) is 0 Å². The fourth-order valence-electron chi connectivity index (χ4n) is 4.25. The molecule has 2 N–H and O–H groups in total. The Kier molecular flexibility index (Phi) is 6.38. The van der Waals surface area contributed by atoms with Gasteiger partial charge in [0.2, 0.25) is 0 Å². The molecular weight excluding hydrogens is 497 g/mol. The first-order valence-corrected chi connectivity index (χ1v) is 13.0. The minimum Gasteiger partial charge on any atom is -0.363 e. The zero-order valence-corrected chi connectivity index (χ0v) is 20.9. The first-order chi connectivity index (χ1) is 17.7. The zero-order chi connectivity index (χ0) is 26.2. The molecule has 1 aliphatic heterocycles. The highest BCUT2D eigenvalue weighted by molar-refractivity contribution is 7.92. The lowest BCUT2D eigenvalue weighted by molar-refractivity contribution is 0.0602. The SMILES string of the molecule is Cc1ccccc1Nc1c(C(=O)N2CC(c3ccc(F)cc3)C2)cnc(S(=O)(=O)Nc2ccon2)c1C. The molecule has 4 aromatic rings. The van der Waals surface area contributed by atoms with E-state index in [0.717, 1.165) is 16.8 Å². The molecule has 0 saturated carbocycles. The van der Waals surface area contributed by atoms with Gasteiger partial charge < -0.3 is 14.7 Å². The maximum Gasteiger partial charge on any atom is 0.280 e. The molecule has 1 fully saturated rings. The van der Waals surface area contributed by atoms with E-state index in [0.29, 0.717) is 18.8 Å². The fourth-order valence-corrected chi connectivity index (χ4v) is 5.42. The predicted octanol–water partition coefficient (Wildman–Crippen LogP) is 4.61. The third-order valence-corrected chi connectivity index (χ3v) is 7.75. The highest BCUT2D eigenvalue weighted by Crippen LogP contribution is 2.34. The van der Waals surface area contributed by atoms with Crippen LogP contribution < -0.4 is 10.0 Å². The maximum atomic E-state index is 13.5. The van der Waals surface area contributed by atoms with Crippen molar-refractivity contribution in [2.24, 2.45) is 0 Å². The number of hydrogen-bond donors (Lipinski definition) is 2. The molecule has 0 bridgehead atoms. The normalized spacial score (nSPS) is 13.8. The standard InChI is InChI=1S/C26H24FN5O4S/c1-16-5-3-4-6-22(16)29-24-17(2)25(37(34,35)31-23-11-12-36-30-23)28-13-21(24)26(33)32-14-19(15-32)18-7-9-20(27)10-8-18/h3-13,19H,14-15H2,1-2H3,(H,28,29)(H,30,31). The molecule has 0 radical (unpaired) electrons. The molecule has 190 valence electrons. The first kappa shape index (κ1) is 24.4. The average Bonchev–Trinajstić information content (AvgIpc) is 3.34. The number of carbonyl (C=O) groups is 1. The highest BCUT2D eigenvalue weighted by atomic mass is 32.2. The van der Waals surface area contributed by atoms with Gasteiger partial charge in [-0.15, -0.1) is 0 Å². The molecular formula is C26H24FN5O4S. The summed E-state index contributed by atoms with van der Waals surface area (Å²) in [6.07, 6.45) is 2.52. The van der Waals surface area contributed by atoms with Crippen LogP contribution >= 0.6 is 0 Å². The van der Waals surface area contributed by atoms with Crippen molar-refractivity contribution in [2.75, 3.05) is 23.1 Å². The van der Waals surface area contributed by atoms with Gasteiger partial charge in [0.05, 0.1) is 11.3 Å². The minimum atomic E-state index is -4.12. The van der Waals surface area contributed by atoms with E-state index in [4.69, 9.17) is 4.52 Å². The van der Waals surface area contributed by atoms with Crippen molar-refractivity contribution in [1.82, 2.24) is 15.0 Å². The summed E-state index contributed by atoms with van der Waals surface area (Å²) >= 11 is 0. The van der Waals surface area contributed by atoms with Gasteiger partial charge in [0.25, 0.3) is 15.9 Å². The largest absolute Gasteiger partial charge is 0.363 e. The third-order valence-electron chi connectivity index (χ3n) is 6.35. The first-order valence-electron chi connectivity index (χ1n) is 11.5. The summed E-state index contributed by atoms with van der Waals surface area (Å²) < 4.78 is 46.5. The Bertz CT molecular complexity index is 1550. The number of halogens is 1. The molecule has 9 nitrogen and oxygen atoms in total. The van der Waals surface area contributed by atoms with Gasteiger partial charge in [0.1, 0.15) is 12.1 Å². The number of rotatable bonds is 7. The number of nitrogens with zero attached hydrogens (tertiary/aromatic N) is 3. The number of nitrogens with one attached hydrogen (secondary N) is 2. The number of benzene rings is 2. The number of hydrogen-bond acceptors (Lipinski definition) is 7. The lowest BCUT2D eigenvalue weighted by Gasteiger charge is -2.40. The summed E-state index contributed by atoms with van der Waals surface area (Å²) in [5, 5.41) is 6.61. The Labute approximate surface area is 213 Å². The van der Waals surface area contributed by atoms with E-state index in [1.165, 1.54) is 30.7 Å². The second-order valence-electron chi connectivity index (χ2n) is 8.87. The number of aryl methyl sites for hydroxylation is 1. The Morgan fingerprint density at radius 1 is 1.08 bits per heavy atom. The van der Waals surface area contributed by atoms with Crippen molar-refractivity contribution in [1.29, 1.82) is 0 Å². The topological polar surface area (TPSA) is 117 Å². The summed E-state index contributed by atoms with van der Waals surface area (Å²) in [6.45, 7) is 4.42. The van der Waals surface area contributed by atoms with Gasteiger partial charge in [-0.2, -0.15) is 8.42 Å². The predicted molar refractivity (Wildman–Crippen MR) is 136 cm³/mol. The van der Waals surface area contributed by atoms with Crippen LogP contribution in [0.1, 0.15) is 33.0 Å². The fraction of sp³-hybridized carbons (Fsp3) is 0.192. The van der Waals surface area contributed by atoms with Gasteiger partial charge in [-0.05, 0) is 43.2 Å². The van der Waals surface area contributed by atoms with Crippen LogP contribution in [0.25, 0.3) is 0 Å². The number of likely N-dealkylation sites (tertiary alicyclic amines) is 1. The second kappa shape index (κ2) is 9.66. The van der Waals surface area contributed by atoms with Crippen LogP contribution in [0.3, 0.4) is 0 Å². The molecule has 0 spiro atoms. The van der Waals surface area contributed by atoms with Crippen molar-refractivity contribution < 1.29 is 22.1 Å². The quantitative estimate of drug-likeness (QED) is 0.365. The summed E-state index contributed by atoms with van der Waals surface area (Å²) in [7, 11) is -4.12. The Hall–Kier alpha value is -4.25. The molecule has 3 heterocycles. The van der Waals surface area contributed by atoms with Gasteiger partial charge in [0, 0.05) is 42.5 Å². The minimum absolute atomic E-state index is 0.0159. The van der Waals surface area contributed by atoms with Gasteiger partial charge in [0.15, 0.2) is 10.8 Å². The lowest BCUT2D eigenvalue weighted by atomic mass is 9.90. The molecule has 0 unspecified atom stereocenters. The molecule has 5 rings (SSSR count). The number of para-hydroxylation sites is 1. The molecule has 1 saturated heterocycles. The van der Waals surface area contributed by atoms with Crippen LogP contribution in [0.5, 0.6) is 0 Å². The zero-order valence-electron chi connectivity index (χ0n) is 20.1. The van der Waals surface area contributed by atoms with Gasteiger partial charge in [-0.25, -0.2) is 9.37 Å². The van der Waals surface area contributed by atoms with Crippen LogP contribution in [-0.2, 0) is 10.0 Å². The molecule has 2 aromatic heterocycles. The monoisotopic (exact) mass is 521 g/mol. The van der Waals surface area contributed by atoms with Crippen molar-refractivity contribution >= 4 is 33.1 Å². The van der Waals surface area contributed by atoms with E-state index in [1.54, 1.807) is 24.0 Å². The second-order valence-corrected chi connectivity index (χ2v) is 10.5. The summed E-state index contributed by atoms with van der Waals surface area (Å²) in [4.78, 5) is 19.3. The number of carbonyl (C=O) groups excluding carboxylic acids is 1. The summed E-state index contributed by atoms with van der Waals surface area (Å²) in [5.41, 5.74) is 3.48. The van der Waals surface area contributed by atoms with E-state index in [2.05, 4.69) is 20.2 Å². The number of amides is 1. The molecule has 1 amide bonds. The van der Waals surface area contributed by atoms with Crippen molar-refractivity contribution in [3.8, 4) is 0 Å². The Morgan fingerprint density at radius 3 is 2.49 bits per heavy atom. The van der Waals surface area contributed by atoms with Crippen LogP contribution in [-0.4, -0.2) is 42.5 Å². The average molecular weight is 522 g/mol. The number of aromatic nitrogens is 2. The van der Waals surface area contributed by atoms with Gasteiger partial charge in [-0.3, -0.25) is 9.52 Å². The van der Waals surface area contributed by atoms with E-state index in [-0.39, 0.29) is 39.6 Å². The van der Waals surface area contributed by atoms with E-state index in [9.17, 15) is 17.6 Å². The van der Waals surface area contributed by atoms with E-state index in [1.807, 2.05) is 31.2 Å². The van der Waals surface area contributed by atoms with Crippen LogP contribution in [0.15, 0.2) is 76.6 Å². The third kappa shape index (κ3) is 4.90. The molecule has 11 heteroatoms. The highest BCUT2D eigenvalue weighted by Gasteiger charge is 2.35. The van der Waals surface area contributed by atoms with Gasteiger partial charge in [-0.1, -0.05) is 35.5 Å². The Morgan fingerprint density at radius 2 is 1.81 bits per heavy atom. The van der Waals surface area contributed by atoms with Crippen molar-refractivity contribution in [3.63, 3.8) is 0 Å². The van der Waals surface area contributed by atoms with Crippen LogP contribution in [0.4, 0.5) is 21.6 Å². The number of anilines is 3. The van der Waals surface area contributed by atoms with Crippen LogP contribution in [0, 0.1) is 19.7 Å². The molecule has 37 heavy (non-hydrogen) atoms. The summed E-state index contributed by atoms with van der Waals surface area (Å²) in [5.74, 6) is -0.476. The molecule has 0 atom stereocenters. The van der Waals surface area contributed by atoms with Gasteiger partial charge >= 0.3 is 0 Å². The number of sulfonamides is 1. The number of pyridine rings is 1. The molecule has 0 aliphatic carbocycles. The molecule has 1 aliphatic rings. The molecule has 2 aromatic carbocycles.